The average molecular weight is 504 g/mol. The van der Waals surface area contributed by atoms with Gasteiger partial charge >= 0.3 is 5.97 Å². The Morgan fingerprint density at radius 3 is 2.54 bits per heavy atom. The molecule has 8 nitrogen and oxygen atoms in total. The first kappa shape index (κ1) is 25.1. The maximum atomic E-state index is 14.1. The number of halogens is 1. The number of hydrogen-bond donors (Lipinski definition) is 1. The molecule has 0 amide bonds. The van der Waals surface area contributed by atoms with Gasteiger partial charge in [-0.25, -0.2) is 12.8 Å². The number of rotatable bonds is 9. The lowest BCUT2D eigenvalue weighted by Crippen LogP contribution is -2.29. The van der Waals surface area contributed by atoms with E-state index in [0.29, 0.717) is 28.9 Å². The van der Waals surface area contributed by atoms with Crippen molar-refractivity contribution >= 4 is 26.9 Å². The maximum Gasteiger partial charge on any atom is 0.309 e. The minimum absolute atomic E-state index is 0.0219. The fourth-order valence-electron chi connectivity index (χ4n) is 4.76. The van der Waals surface area contributed by atoms with Crippen LogP contribution in [-0.2, 0) is 21.2 Å². The molecule has 0 spiro atoms. The van der Waals surface area contributed by atoms with Crippen LogP contribution in [0.15, 0.2) is 47.4 Å². The fraction of sp³-hybridized carbons (Fsp3) is 0.440. The van der Waals surface area contributed by atoms with E-state index in [1.54, 1.807) is 28.9 Å². The Morgan fingerprint density at radius 2 is 1.91 bits per heavy atom. The zero-order chi connectivity index (χ0) is 25.3. The summed E-state index contributed by atoms with van der Waals surface area (Å²) in [6.45, 7) is 6.29. The Hall–Kier alpha value is -2.98. The number of carboxylic acid groups (broad SMARTS) is 1. The Balaban J connectivity index is 1.69. The lowest BCUT2D eigenvalue weighted by Gasteiger charge is -2.19. The first-order valence-electron chi connectivity index (χ1n) is 11.8. The van der Waals surface area contributed by atoms with Gasteiger partial charge in [0.25, 0.3) is 0 Å². The molecule has 0 aliphatic carbocycles. The van der Waals surface area contributed by atoms with E-state index in [9.17, 15) is 22.7 Å². The highest BCUT2D eigenvalue weighted by atomic mass is 32.2. The molecule has 0 saturated carbocycles. The summed E-state index contributed by atoms with van der Waals surface area (Å²) < 4.78 is 49.8. The molecule has 1 aromatic heterocycles. The summed E-state index contributed by atoms with van der Waals surface area (Å²) in [7, 11) is -3.78. The fourth-order valence-corrected chi connectivity index (χ4v) is 6.27. The molecule has 1 aliphatic heterocycles. The van der Waals surface area contributed by atoms with Crippen molar-refractivity contribution in [2.24, 2.45) is 5.92 Å². The van der Waals surface area contributed by atoms with Gasteiger partial charge in [-0.15, -0.1) is 0 Å². The summed E-state index contributed by atoms with van der Waals surface area (Å²) >= 11 is 0. The van der Waals surface area contributed by atoms with Gasteiger partial charge < -0.3 is 9.84 Å². The summed E-state index contributed by atoms with van der Waals surface area (Å²) in [5, 5.41) is 14.4. The number of carbonyl (C=O) groups is 1. The number of hydrogen-bond acceptors (Lipinski definition) is 5. The van der Waals surface area contributed by atoms with E-state index in [2.05, 4.69) is 5.10 Å². The molecule has 2 heterocycles. The van der Waals surface area contributed by atoms with E-state index >= 15 is 0 Å². The van der Waals surface area contributed by atoms with Crippen LogP contribution in [0.5, 0.6) is 5.75 Å². The van der Waals surface area contributed by atoms with Gasteiger partial charge in [0.05, 0.1) is 34.7 Å². The third-order valence-corrected chi connectivity index (χ3v) is 8.09. The van der Waals surface area contributed by atoms with Crippen LogP contribution in [0.1, 0.15) is 45.3 Å². The van der Waals surface area contributed by atoms with Crippen molar-refractivity contribution in [3.8, 4) is 5.75 Å². The molecule has 2 aromatic carbocycles. The number of nitrogens with zero attached hydrogens (tertiary/aromatic N) is 3. The number of benzene rings is 2. The number of aliphatic carboxylic acids is 1. The van der Waals surface area contributed by atoms with Crippen molar-refractivity contribution in [3.05, 3.63) is 54.0 Å². The van der Waals surface area contributed by atoms with Gasteiger partial charge in [-0.2, -0.15) is 9.40 Å². The van der Waals surface area contributed by atoms with Gasteiger partial charge in [0, 0.05) is 18.5 Å². The van der Waals surface area contributed by atoms with Crippen LogP contribution in [0.25, 0.3) is 10.9 Å². The van der Waals surface area contributed by atoms with Crippen molar-refractivity contribution < 1.29 is 27.4 Å². The molecule has 1 saturated heterocycles. The third kappa shape index (κ3) is 5.18. The van der Waals surface area contributed by atoms with Gasteiger partial charge in [0.1, 0.15) is 11.6 Å². The number of sulfonamides is 1. The zero-order valence-electron chi connectivity index (χ0n) is 20.0. The van der Waals surface area contributed by atoms with Crippen LogP contribution < -0.4 is 4.74 Å². The predicted octanol–water partition coefficient (Wildman–Crippen LogP) is 4.25. The third-order valence-electron chi connectivity index (χ3n) is 6.24. The van der Waals surface area contributed by atoms with Crippen LogP contribution in [0, 0.1) is 11.7 Å². The van der Waals surface area contributed by atoms with Gasteiger partial charge in [-0.05, 0) is 68.7 Å². The molecule has 1 fully saturated rings. The molecule has 188 valence electrons. The maximum absolute atomic E-state index is 14.1. The molecule has 10 heteroatoms. The lowest BCUT2D eigenvalue weighted by molar-refractivity contribution is -0.136. The van der Waals surface area contributed by atoms with Crippen LogP contribution in [0.3, 0.4) is 0 Å². The van der Waals surface area contributed by atoms with Crippen molar-refractivity contribution in [1.82, 2.24) is 14.1 Å². The molecule has 1 N–H and O–H groups in total. The molecule has 0 bridgehead atoms. The normalized spacial score (nSPS) is 19.0. The van der Waals surface area contributed by atoms with E-state index in [1.807, 2.05) is 20.8 Å². The summed E-state index contributed by atoms with van der Waals surface area (Å²) in [6, 6.07) is 10.2. The number of carboxylic acids is 1. The second-order valence-electron chi connectivity index (χ2n) is 9.20. The molecule has 0 unspecified atom stereocenters. The van der Waals surface area contributed by atoms with E-state index in [-0.39, 0.29) is 35.9 Å². The monoisotopic (exact) mass is 503 g/mol. The molecular formula is C25H30FN3O5S. The Kier molecular flexibility index (Phi) is 7.14. The van der Waals surface area contributed by atoms with Gasteiger partial charge in [-0.1, -0.05) is 13.3 Å². The molecular weight excluding hydrogens is 473 g/mol. The van der Waals surface area contributed by atoms with Crippen molar-refractivity contribution in [2.75, 3.05) is 13.1 Å². The second kappa shape index (κ2) is 9.94. The standard InChI is InChI=1S/C25H30FN3O5S/c1-4-5-17-14-28(35(32,33)20-9-7-19(8-10-20)34-16(2)3)15-24(17)29-23-12-18(26)6-11-21(23)22(27-29)13-25(30)31/h6-12,16-17,24H,4-5,13-15H2,1-3H3,(H,30,31)/t17-,24+/m1/s1. The van der Waals surface area contributed by atoms with Gasteiger partial charge in [-0.3, -0.25) is 9.48 Å². The van der Waals surface area contributed by atoms with E-state index in [1.165, 1.54) is 22.5 Å². The Morgan fingerprint density at radius 1 is 1.20 bits per heavy atom. The van der Waals surface area contributed by atoms with E-state index in [4.69, 9.17) is 4.74 Å². The van der Waals surface area contributed by atoms with Crippen LogP contribution in [-0.4, -0.2) is 52.8 Å². The summed E-state index contributed by atoms with van der Waals surface area (Å²) in [5.74, 6) is -0.953. The van der Waals surface area contributed by atoms with E-state index < -0.39 is 21.8 Å². The van der Waals surface area contributed by atoms with Gasteiger partial charge in [0.15, 0.2) is 0 Å². The first-order chi connectivity index (χ1) is 16.6. The van der Waals surface area contributed by atoms with Crippen molar-refractivity contribution in [2.45, 2.75) is 57.1 Å². The minimum atomic E-state index is -3.78. The average Bonchev–Trinajstić information content (AvgIpc) is 3.35. The topological polar surface area (TPSA) is 102 Å². The summed E-state index contributed by atoms with van der Waals surface area (Å²) in [4.78, 5) is 11.6. The molecule has 2 atom stereocenters. The predicted molar refractivity (Wildman–Crippen MR) is 129 cm³/mol. The first-order valence-corrected chi connectivity index (χ1v) is 13.2. The Bertz CT molecular complexity index is 1320. The van der Waals surface area contributed by atoms with Crippen LogP contribution in [0.2, 0.25) is 0 Å². The van der Waals surface area contributed by atoms with E-state index in [0.717, 1.165) is 12.8 Å². The molecule has 1 aliphatic rings. The minimum Gasteiger partial charge on any atom is -0.491 e. The number of ether oxygens (including phenoxy) is 1. The molecule has 0 radical (unpaired) electrons. The smallest absolute Gasteiger partial charge is 0.309 e. The summed E-state index contributed by atoms with van der Waals surface area (Å²) in [5.41, 5.74) is 0.812. The lowest BCUT2D eigenvalue weighted by atomic mass is 9.98. The number of fused-ring (bicyclic) bond motifs is 1. The molecule has 35 heavy (non-hydrogen) atoms. The van der Waals surface area contributed by atoms with Gasteiger partial charge in [0.2, 0.25) is 10.0 Å². The second-order valence-corrected chi connectivity index (χ2v) is 11.1. The van der Waals surface area contributed by atoms with Crippen LogP contribution in [0.4, 0.5) is 4.39 Å². The van der Waals surface area contributed by atoms with Crippen molar-refractivity contribution in [3.63, 3.8) is 0 Å². The highest BCUT2D eigenvalue weighted by Crippen LogP contribution is 2.37. The van der Waals surface area contributed by atoms with Crippen LogP contribution >= 0.6 is 0 Å². The molecule has 3 aromatic rings. The molecule has 4 rings (SSSR count). The number of aromatic nitrogens is 2. The quantitative estimate of drug-likeness (QED) is 0.468. The largest absolute Gasteiger partial charge is 0.491 e. The summed E-state index contributed by atoms with van der Waals surface area (Å²) in [6.07, 6.45) is 1.27. The SMILES string of the molecule is CCC[C@@H]1CN(S(=O)(=O)c2ccc(OC(C)C)cc2)C[C@@H]1n1nc(CC(=O)O)c2ccc(F)cc21. The Labute approximate surface area is 204 Å². The zero-order valence-corrected chi connectivity index (χ0v) is 20.8. The highest BCUT2D eigenvalue weighted by Gasteiger charge is 2.41. The highest BCUT2D eigenvalue weighted by molar-refractivity contribution is 7.89. The van der Waals surface area contributed by atoms with Crippen molar-refractivity contribution in [1.29, 1.82) is 0 Å².